The summed E-state index contributed by atoms with van der Waals surface area (Å²) >= 11 is 1.47. The maximum atomic E-state index is 12.5. The number of benzene rings is 1. The summed E-state index contributed by atoms with van der Waals surface area (Å²) in [7, 11) is 1.96. The Morgan fingerprint density at radius 3 is 2.83 bits per heavy atom. The first-order valence-electron chi connectivity index (χ1n) is 8.45. The third-order valence-corrected chi connectivity index (χ3v) is 5.67. The van der Waals surface area contributed by atoms with Crippen molar-refractivity contribution in [3.8, 4) is 11.4 Å². The van der Waals surface area contributed by atoms with E-state index in [4.69, 9.17) is 0 Å². The number of hydrogen-bond donors (Lipinski definition) is 0. The summed E-state index contributed by atoms with van der Waals surface area (Å²) in [6.45, 7) is 5.09. The fourth-order valence-corrected chi connectivity index (χ4v) is 3.97. The SMILES string of the molecule is Cc1ccccc1-c1nnc(SCC(=O)N2CCCCC2C)n1C. The van der Waals surface area contributed by atoms with Gasteiger partial charge in [0.15, 0.2) is 11.0 Å². The van der Waals surface area contributed by atoms with E-state index in [2.05, 4.69) is 30.1 Å². The van der Waals surface area contributed by atoms with Gasteiger partial charge in [0, 0.05) is 25.2 Å². The van der Waals surface area contributed by atoms with Crippen molar-refractivity contribution in [1.29, 1.82) is 0 Å². The Balaban J connectivity index is 1.69. The largest absolute Gasteiger partial charge is 0.339 e. The summed E-state index contributed by atoms with van der Waals surface area (Å²) in [5.41, 5.74) is 2.25. The number of hydrogen-bond acceptors (Lipinski definition) is 4. The molecule has 0 radical (unpaired) electrons. The van der Waals surface area contributed by atoms with Crippen molar-refractivity contribution in [2.75, 3.05) is 12.3 Å². The maximum absolute atomic E-state index is 12.5. The van der Waals surface area contributed by atoms with Crippen LogP contribution in [-0.4, -0.2) is 43.9 Å². The summed E-state index contributed by atoms with van der Waals surface area (Å²) in [6.07, 6.45) is 3.45. The number of rotatable bonds is 4. The van der Waals surface area contributed by atoms with Gasteiger partial charge in [-0.1, -0.05) is 36.0 Å². The Labute approximate surface area is 147 Å². The van der Waals surface area contributed by atoms with Crippen molar-refractivity contribution in [3.05, 3.63) is 29.8 Å². The number of thioether (sulfide) groups is 1. The van der Waals surface area contributed by atoms with E-state index < -0.39 is 0 Å². The van der Waals surface area contributed by atoms with Crippen LogP contribution in [-0.2, 0) is 11.8 Å². The molecule has 1 aliphatic rings. The molecule has 1 aliphatic heterocycles. The van der Waals surface area contributed by atoms with E-state index in [1.54, 1.807) is 0 Å². The number of carbonyl (C=O) groups excluding carboxylic acids is 1. The predicted molar refractivity (Wildman–Crippen MR) is 96.9 cm³/mol. The second-order valence-electron chi connectivity index (χ2n) is 6.40. The van der Waals surface area contributed by atoms with Crippen LogP contribution in [0.3, 0.4) is 0 Å². The van der Waals surface area contributed by atoms with E-state index >= 15 is 0 Å². The molecule has 3 rings (SSSR count). The van der Waals surface area contributed by atoms with E-state index in [0.29, 0.717) is 11.8 Å². The van der Waals surface area contributed by atoms with Crippen LogP contribution in [0.4, 0.5) is 0 Å². The average molecular weight is 344 g/mol. The molecule has 6 heteroatoms. The smallest absolute Gasteiger partial charge is 0.233 e. The number of aryl methyl sites for hydroxylation is 1. The van der Waals surface area contributed by atoms with Gasteiger partial charge in [-0.3, -0.25) is 4.79 Å². The lowest BCUT2D eigenvalue weighted by Crippen LogP contribution is -2.42. The highest BCUT2D eigenvalue weighted by Crippen LogP contribution is 2.26. The molecule has 1 aromatic heterocycles. The molecule has 1 aromatic carbocycles. The first-order chi connectivity index (χ1) is 11.6. The molecule has 0 saturated carbocycles. The van der Waals surface area contributed by atoms with Gasteiger partial charge in [-0.05, 0) is 38.7 Å². The van der Waals surface area contributed by atoms with Crippen molar-refractivity contribution in [3.63, 3.8) is 0 Å². The normalized spacial score (nSPS) is 18.0. The zero-order chi connectivity index (χ0) is 17.1. The van der Waals surface area contributed by atoms with Crippen LogP contribution in [0.15, 0.2) is 29.4 Å². The molecule has 0 N–H and O–H groups in total. The number of likely N-dealkylation sites (tertiary alicyclic amines) is 1. The monoisotopic (exact) mass is 344 g/mol. The van der Waals surface area contributed by atoms with Gasteiger partial charge in [0.05, 0.1) is 5.75 Å². The van der Waals surface area contributed by atoms with Gasteiger partial charge >= 0.3 is 0 Å². The van der Waals surface area contributed by atoms with E-state index in [9.17, 15) is 4.79 Å². The third kappa shape index (κ3) is 3.48. The van der Waals surface area contributed by atoms with Crippen LogP contribution in [0.2, 0.25) is 0 Å². The molecule has 5 nitrogen and oxygen atoms in total. The lowest BCUT2D eigenvalue weighted by molar-refractivity contribution is -0.131. The van der Waals surface area contributed by atoms with Crippen molar-refractivity contribution >= 4 is 17.7 Å². The van der Waals surface area contributed by atoms with E-state index in [1.807, 2.05) is 34.7 Å². The van der Waals surface area contributed by atoms with Gasteiger partial charge in [0.1, 0.15) is 0 Å². The summed E-state index contributed by atoms with van der Waals surface area (Å²) in [4.78, 5) is 14.5. The molecule has 2 heterocycles. The minimum Gasteiger partial charge on any atom is -0.339 e. The molecular weight excluding hydrogens is 320 g/mol. The number of aromatic nitrogens is 3. The quantitative estimate of drug-likeness (QED) is 0.799. The Morgan fingerprint density at radius 2 is 2.08 bits per heavy atom. The number of carbonyl (C=O) groups is 1. The first-order valence-corrected chi connectivity index (χ1v) is 9.44. The summed E-state index contributed by atoms with van der Waals surface area (Å²) in [5.74, 6) is 1.46. The van der Waals surface area contributed by atoms with Gasteiger partial charge in [0.2, 0.25) is 5.91 Å². The van der Waals surface area contributed by atoms with Gasteiger partial charge in [-0.2, -0.15) is 0 Å². The number of amides is 1. The fourth-order valence-electron chi connectivity index (χ4n) is 3.18. The van der Waals surface area contributed by atoms with Gasteiger partial charge in [-0.15, -0.1) is 10.2 Å². The van der Waals surface area contributed by atoms with Crippen LogP contribution in [0.25, 0.3) is 11.4 Å². The van der Waals surface area contributed by atoms with Crippen molar-refractivity contribution in [2.24, 2.45) is 7.05 Å². The van der Waals surface area contributed by atoms with Crippen LogP contribution in [0, 0.1) is 6.92 Å². The van der Waals surface area contributed by atoms with Crippen molar-refractivity contribution in [2.45, 2.75) is 44.3 Å². The van der Waals surface area contributed by atoms with Crippen molar-refractivity contribution in [1.82, 2.24) is 19.7 Å². The molecule has 1 unspecified atom stereocenters. The van der Waals surface area contributed by atoms with E-state index in [-0.39, 0.29) is 5.91 Å². The molecular formula is C18H24N4OS. The highest BCUT2D eigenvalue weighted by atomic mass is 32.2. The fraction of sp³-hybridized carbons (Fsp3) is 0.500. The summed E-state index contributed by atoms with van der Waals surface area (Å²) in [5, 5.41) is 9.38. The molecule has 1 atom stereocenters. The molecule has 24 heavy (non-hydrogen) atoms. The second kappa shape index (κ2) is 7.38. The Morgan fingerprint density at radius 1 is 1.29 bits per heavy atom. The minimum absolute atomic E-state index is 0.202. The zero-order valence-electron chi connectivity index (χ0n) is 14.5. The standard InChI is InChI=1S/C18H24N4OS/c1-13-8-4-5-10-15(13)17-19-20-18(21(17)3)24-12-16(23)22-11-7-6-9-14(22)2/h4-5,8,10,14H,6-7,9,11-12H2,1-3H3. The minimum atomic E-state index is 0.202. The molecule has 0 spiro atoms. The van der Waals surface area contributed by atoms with Gasteiger partial charge in [0.25, 0.3) is 0 Å². The molecule has 0 aliphatic carbocycles. The Bertz CT molecular complexity index is 728. The van der Waals surface area contributed by atoms with Gasteiger partial charge in [-0.25, -0.2) is 0 Å². The Kier molecular flexibility index (Phi) is 5.23. The van der Waals surface area contributed by atoms with E-state index in [1.165, 1.54) is 23.7 Å². The highest BCUT2D eigenvalue weighted by Gasteiger charge is 2.23. The highest BCUT2D eigenvalue weighted by molar-refractivity contribution is 7.99. The average Bonchev–Trinajstić information content (AvgIpc) is 2.94. The zero-order valence-corrected chi connectivity index (χ0v) is 15.3. The lowest BCUT2D eigenvalue weighted by atomic mass is 10.0. The molecule has 2 aromatic rings. The topological polar surface area (TPSA) is 51.0 Å². The number of piperidine rings is 1. The van der Waals surface area contributed by atoms with Crippen molar-refractivity contribution < 1.29 is 4.79 Å². The first kappa shape index (κ1) is 17.0. The summed E-state index contributed by atoms with van der Waals surface area (Å²) in [6, 6.07) is 8.50. The van der Waals surface area contributed by atoms with Crippen LogP contribution in [0.1, 0.15) is 31.7 Å². The predicted octanol–water partition coefficient (Wildman–Crippen LogP) is 3.28. The van der Waals surface area contributed by atoms with E-state index in [0.717, 1.165) is 35.9 Å². The summed E-state index contributed by atoms with van der Waals surface area (Å²) < 4.78 is 1.97. The Hall–Kier alpha value is -1.82. The van der Waals surface area contributed by atoms with Crippen LogP contribution in [0.5, 0.6) is 0 Å². The molecule has 1 fully saturated rings. The third-order valence-electron chi connectivity index (χ3n) is 4.67. The molecule has 128 valence electrons. The number of nitrogens with zero attached hydrogens (tertiary/aromatic N) is 4. The van der Waals surface area contributed by atoms with Crippen LogP contribution < -0.4 is 0 Å². The molecule has 1 saturated heterocycles. The maximum Gasteiger partial charge on any atom is 0.233 e. The molecule has 1 amide bonds. The van der Waals surface area contributed by atoms with Gasteiger partial charge < -0.3 is 9.47 Å². The second-order valence-corrected chi connectivity index (χ2v) is 7.34. The molecule has 0 bridgehead atoms. The van der Waals surface area contributed by atoms with Crippen LogP contribution >= 0.6 is 11.8 Å². The lowest BCUT2D eigenvalue weighted by Gasteiger charge is -2.33.